The van der Waals surface area contributed by atoms with E-state index in [0.717, 1.165) is 4.88 Å². The first kappa shape index (κ1) is 13.4. The molecule has 0 spiro atoms. The van der Waals surface area contributed by atoms with Gasteiger partial charge in [-0.3, -0.25) is 9.89 Å². The lowest BCUT2D eigenvalue weighted by Crippen LogP contribution is -2.31. The average Bonchev–Trinajstić information content (AvgIpc) is 3.20. The minimum absolute atomic E-state index is 0.0308. The van der Waals surface area contributed by atoms with Crippen LogP contribution in [-0.4, -0.2) is 53.2 Å². The summed E-state index contributed by atoms with van der Waals surface area (Å²) in [6.45, 7) is 0.383. The molecule has 0 aliphatic heterocycles. The summed E-state index contributed by atoms with van der Waals surface area (Å²) in [6.07, 6.45) is 1.40. The second kappa shape index (κ2) is 5.79. The highest BCUT2D eigenvalue weighted by atomic mass is 32.1. The van der Waals surface area contributed by atoms with Gasteiger partial charge in [-0.2, -0.15) is 9.90 Å². The molecule has 0 aliphatic carbocycles. The topological polar surface area (TPSA) is 105 Å². The Balaban J connectivity index is 1.62. The lowest BCUT2D eigenvalue weighted by Gasteiger charge is -2.14. The molecular weight excluding hydrogens is 292 g/mol. The van der Waals surface area contributed by atoms with Gasteiger partial charge in [0, 0.05) is 7.05 Å². The highest BCUT2D eigenvalue weighted by Crippen LogP contribution is 2.19. The molecule has 3 aromatic rings. The van der Waals surface area contributed by atoms with Crippen molar-refractivity contribution in [1.29, 1.82) is 0 Å². The molecule has 3 heterocycles. The molecule has 1 amide bonds. The van der Waals surface area contributed by atoms with Crippen molar-refractivity contribution < 1.29 is 4.79 Å². The van der Waals surface area contributed by atoms with Gasteiger partial charge in [0.15, 0.2) is 0 Å². The number of nitrogens with one attached hydrogen (secondary N) is 1. The van der Waals surface area contributed by atoms with Crippen LogP contribution in [0, 0.1) is 0 Å². The highest BCUT2D eigenvalue weighted by Gasteiger charge is 2.14. The zero-order chi connectivity index (χ0) is 14.7. The SMILES string of the molecule is CN(Cc1ncn[nH]1)C(=O)Cn1nnc(-c2cccs2)n1. The Hall–Kier alpha value is -2.62. The van der Waals surface area contributed by atoms with Crippen molar-refractivity contribution in [1.82, 2.24) is 40.3 Å². The van der Waals surface area contributed by atoms with Crippen LogP contribution in [0.4, 0.5) is 0 Å². The molecule has 3 aromatic heterocycles. The van der Waals surface area contributed by atoms with Crippen molar-refractivity contribution in [3.05, 3.63) is 29.7 Å². The molecular formula is C11H12N8OS. The van der Waals surface area contributed by atoms with Crippen molar-refractivity contribution in [3.8, 4) is 10.7 Å². The van der Waals surface area contributed by atoms with E-state index in [1.54, 1.807) is 7.05 Å². The van der Waals surface area contributed by atoms with Crippen LogP contribution in [0.3, 0.4) is 0 Å². The molecule has 1 N–H and O–H groups in total. The molecule has 10 heteroatoms. The molecule has 0 bridgehead atoms. The van der Waals surface area contributed by atoms with Crippen LogP contribution in [0.5, 0.6) is 0 Å². The van der Waals surface area contributed by atoms with Crippen LogP contribution in [-0.2, 0) is 17.9 Å². The number of rotatable bonds is 5. The number of tetrazole rings is 1. The fourth-order valence-electron chi connectivity index (χ4n) is 1.68. The highest BCUT2D eigenvalue weighted by molar-refractivity contribution is 7.13. The fraction of sp³-hybridized carbons (Fsp3) is 0.273. The molecule has 0 radical (unpaired) electrons. The summed E-state index contributed by atoms with van der Waals surface area (Å²) in [6, 6.07) is 3.82. The van der Waals surface area contributed by atoms with Gasteiger partial charge in [-0.05, 0) is 16.7 Å². The Labute approximate surface area is 123 Å². The number of carbonyl (C=O) groups excluding carboxylic acids is 1. The van der Waals surface area contributed by atoms with Gasteiger partial charge >= 0.3 is 0 Å². The maximum absolute atomic E-state index is 12.1. The number of aromatic nitrogens is 7. The van der Waals surface area contributed by atoms with Crippen LogP contribution < -0.4 is 0 Å². The number of amides is 1. The van der Waals surface area contributed by atoms with Crippen LogP contribution in [0.1, 0.15) is 5.82 Å². The summed E-state index contributed by atoms with van der Waals surface area (Å²) in [5.41, 5.74) is 0. The first-order chi connectivity index (χ1) is 10.2. The quantitative estimate of drug-likeness (QED) is 0.720. The van der Waals surface area contributed by atoms with E-state index in [2.05, 4.69) is 30.6 Å². The molecule has 0 aliphatic rings. The molecule has 108 valence electrons. The maximum atomic E-state index is 12.1. The summed E-state index contributed by atoms with van der Waals surface area (Å²) in [4.78, 5) is 19.8. The van der Waals surface area contributed by atoms with E-state index in [1.807, 2.05) is 17.5 Å². The van der Waals surface area contributed by atoms with Gasteiger partial charge in [0.2, 0.25) is 11.7 Å². The number of carbonyl (C=O) groups is 1. The predicted octanol–water partition coefficient (Wildman–Crippen LogP) is 0.178. The zero-order valence-corrected chi connectivity index (χ0v) is 12.0. The van der Waals surface area contributed by atoms with Crippen molar-refractivity contribution in [2.24, 2.45) is 0 Å². The van der Waals surface area contributed by atoms with E-state index in [9.17, 15) is 4.79 Å². The van der Waals surface area contributed by atoms with Crippen molar-refractivity contribution in [3.63, 3.8) is 0 Å². The second-order valence-electron chi connectivity index (χ2n) is 4.30. The average molecular weight is 304 g/mol. The third-order valence-corrected chi connectivity index (χ3v) is 3.61. The van der Waals surface area contributed by atoms with E-state index >= 15 is 0 Å². The van der Waals surface area contributed by atoms with Crippen LogP contribution in [0.15, 0.2) is 23.8 Å². The van der Waals surface area contributed by atoms with E-state index in [-0.39, 0.29) is 12.5 Å². The predicted molar refractivity (Wildman–Crippen MR) is 74.0 cm³/mol. The minimum atomic E-state index is -0.137. The number of H-pyrrole nitrogens is 1. The Bertz CT molecular complexity index is 705. The number of hydrogen-bond donors (Lipinski definition) is 1. The molecule has 0 saturated carbocycles. The Morgan fingerprint density at radius 3 is 3.14 bits per heavy atom. The van der Waals surface area contributed by atoms with E-state index in [4.69, 9.17) is 0 Å². The largest absolute Gasteiger partial charge is 0.337 e. The van der Waals surface area contributed by atoms with Crippen LogP contribution in [0.25, 0.3) is 10.7 Å². The number of thiophene rings is 1. The second-order valence-corrected chi connectivity index (χ2v) is 5.25. The van der Waals surface area contributed by atoms with Gasteiger partial charge in [-0.1, -0.05) is 6.07 Å². The molecule has 0 saturated heterocycles. The number of hydrogen-bond acceptors (Lipinski definition) is 7. The smallest absolute Gasteiger partial charge is 0.246 e. The molecule has 0 unspecified atom stereocenters. The van der Waals surface area contributed by atoms with Gasteiger partial charge in [0.25, 0.3) is 0 Å². The molecule has 0 fully saturated rings. The zero-order valence-electron chi connectivity index (χ0n) is 11.2. The van der Waals surface area contributed by atoms with Crippen LogP contribution in [0.2, 0.25) is 0 Å². The molecule has 3 rings (SSSR count). The summed E-state index contributed by atoms with van der Waals surface area (Å²) < 4.78 is 0. The normalized spacial score (nSPS) is 10.7. The standard InChI is InChI=1S/C11H12N8OS/c1-18(5-9-12-7-13-14-9)10(20)6-19-16-11(15-17-19)8-3-2-4-21-8/h2-4,7H,5-6H2,1H3,(H,12,13,14). The van der Waals surface area contributed by atoms with Gasteiger partial charge in [-0.15, -0.1) is 21.5 Å². The van der Waals surface area contributed by atoms with Gasteiger partial charge < -0.3 is 4.90 Å². The van der Waals surface area contributed by atoms with Crippen molar-refractivity contribution in [2.75, 3.05) is 7.05 Å². The Kier molecular flexibility index (Phi) is 3.69. The van der Waals surface area contributed by atoms with E-state index in [0.29, 0.717) is 18.2 Å². The van der Waals surface area contributed by atoms with E-state index < -0.39 is 0 Å². The van der Waals surface area contributed by atoms with E-state index in [1.165, 1.54) is 27.4 Å². The molecule has 21 heavy (non-hydrogen) atoms. The van der Waals surface area contributed by atoms with Gasteiger partial charge in [0.05, 0.1) is 11.4 Å². The van der Waals surface area contributed by atoms with Gasteiger partial charge in [0.1, 0.15) is 18.7 Å². The molecule has 0 atom stereocenters. The third-order valence-electron chi connectivity index (χ3n) is 2.75. The fourth-order valence-corrected chi connectivity index (χ4v) is 2.32. The first-order valence-electron chi connectivity index (χ1n) is 6.12. The monoisotopic (exact) mass is 304 g/mol. The Morgan fingerprint density at radius 2 is 2.43 bits per heavy atom. The maximum Gasteiger partial charge on any atom is 0.246 e. The number of aromatic amines is 1. The van der Waals surface area contributed by atoms with Gasteiger partial charge in [-0.25, -0.2) is 4.98 Å². The van der Waals surface area contributed by atoms with Crippen LogP contribution >= 0.6 is 11.3 Å². The van der Waals surface area contributed by atoms with Crippen molar-refractivity contribution >= 4 is 17.2 Å². The summed E-state index contributed by atoms with van der Waals surface area (Å²) in [5.74, 6) is 1.01. The molecule has 0 aromatic carbocycles. The number of nitrogens with zero attached hydrogens (tertiary/aromatic N) is 7. The summed E-state index contributed by atoms with van der Waals surface area (Å²) >= 11 is 1.52. The Morgan fingerprint density at radius 1 is 1.52 bits per heavy atom. The number of likely N-dealkylation sites (N-methyl/N-ethyl adjacent to an activating group) is 1. The summed E-state index contributed by atoms with van der Waals surface area (Å²) in [5, 5.41) is 20.4. The third kappa shape index (κ3) is 3.11. The molecule has 9 nitrogen and oxygen atoms in total. The first-order valence-corrected chi connectivity index (χ1v) is 7.00. The van der Waals surface area contributed by atoms with Crippen molar-refractivity contribution in [2.45, 2.75) is 13.1 Å². The summed E-state index contributed by atoms with van der Waals surface area (Å²) in [7, 11) is 1.68. The minimum Gasteiger partial charge on any atom is -0.337 e. The lowest BCUT2D eigenvalue weighted by molar-refractivity contribution is -0.131. The lowest BCUT2D eigenvalue weighted by atomic mass is 10.4.